The van der Waals surface area contributed by atoms with Gasteiger partial charge in [0.05, 0.1) is 11.3 Å². The van der Waals surface area contributed by atoms with E-state index in [9.17, 15) is 14.9 Å². The molecule has 0 aliphatic carbocycles. The van der Waals surface area contributed by atoms with Crippen LogP contribution in [0, 0.1) is 17.0 Å². The smallest absolute Gasteiger partial charge is 0.272 e. The van der Waals surface area contributed by atoms with Crippen molar-refractivity contribution in [1.82, 2.24) is 5.32 Å². The monoisotopic (exact) mass is 294 g/mol. The van der Waals surface area contributed by atoms with E-state index in [0.717, 1.165) is 0 Å². The summed E-state index contributed by atoms with van der Waals surface area (Å²) in [5, 5.41) is 22.8. The summed E-state index contributed by atoms with van der Waals surface area (Å²) in [5.41, 5.74) is 0.719. The van der Waals surface area contributed by atoms with Crippen molar-refractivity contribution in [2.45, 2.75) is 45.6 Å². The van der Waals surface area contributed by atoms with Gasteiger partial charge >= 0.3 is 0 Å². The quantitative estimate of drug-likeness (QED) is 0.595. The predicted octanol–water partition coefficient (Wildman–Crippen LogP) is 2.11. The highest BCUT2D eigenvalue weighted by Crippen LogP contribution is 2.22. The molecule has 1 atom stereocenters. The van der Waals surface area contributed by atoms with E-state index in [4.69, 9.17) is 5.11 Å². The predicted molar refractivity (Wildman–Crippen MR) is 80.1 cm³/mol. The van der Waals surface area contributed by atoms with E-state index in [1.165, 1.54) is 6.07 Å². The number of benzene rings is 1. The number of amides is 1. The molecule has 1 amide bonds. The zero-order chi connectivity index (χ0) is 16.0. The van der Waals surface area contributed by atoms with Gasteiger partial charge in [-0.25, -0.2) is 0 Å². The number of hydrogen-bond acceptors (Lipinski definition) is 4. The number of nitrogens with one attached hydrogen (secondary N) is 1. The molecule has 1 rings (SSSR count). The first-order valence-electron chi connectivity index (χ1n) is 6.97. The SMILES string of the molecule is CCC(C)(CCO)NC(=O)Cc1cccc([N+](=O)[O-])c1C. The van der Waals surface area contributed by atoms with Crippen molar-refractivity contribution in [2.75, 3.05) is 6.61 Å². The highest BCUT2D eigenvalue weighted by Gasteiger charge is 2.24. The molecule has 6 heteroatoms. The van der Waals surface area contributed by atoms with Crippen LogP contribution in [0.25, 0.3) is 0 Å². The zero-order valence-electron chi connectivity index (χ0n) is 12.7. The third-order valence-corrected chi connectivity index (χ3v) is 3.85. The van der Waals surface area contributed by atoms with Crippen LogP contribution < -0.4 is 5.32 Å². The van der Waals surface area contributed by atoms with E-state index < -0.39 is 10.5 Å². The number of nitrogens with zero attached hydrogens (tertiary/aromatic N) is 1. The van der Waals surface area contributed by atoms with Crippen molar-refractivity contribution >= 4 is 11.6 Å². The molecule has 1 aromatic rings. The Hall–Kier alpha value is -1.95. The van der Waals surface area contributed by atoms with Crippen molar-refractivity contribution in [1.29, 1.82) is 0 Å². The van der Waals surface area contributed by atoms with Crippen LogP contribution >= 0.6 is 0 Å². The first-order chi connectivity index (χ1) is 9.83. The second kappa shape index (κ2) is 7.17. The maximum atomic E-state index is 12.1. The number of rotatable bonds is 7. The van der Waals surface area contributed by atoms with Crippen LogP contribution in [0.4, 0.5) is 5.69 Å². The Bertz CT molecular complexity index is 530. The molecule has 0 fully saturated rings. The summed E-state index contributed by atoms with van der Waals surface area (Å²) in [5.74, 6) is -0.198. The summed E-state index contributed by atoms with van der Waals surface area (Å²) in [7, 11) is 0. The lowest BCUT2D eigenvalue weighted by Crippen LogP contribution is -2.46. The van der Waals surface area contributed by atoms with Crippen LogP contribution in [-0.4, -0.2) is 28.1 Å². The fourth-order valence-electron chi connectivity index (χ4n) is 2.19. The molecule has 1 unspecified atom stereocenters. The fourth-order valence-corrected chi connectivity index (χ4v) is 2.19. The van der Waals surface area contributed by atoms with Crippen molar-refractivity contribution in [2.24, 2.45) is 0 Å². The van der Waals surface area contributed by atoms with Crippen LogP contribution in [0.3, 0.4) is 0 Å². The average molecular weight is 294 g/mol. The Morgan fingerprint density at radius 1 is 1.48 bits per heavy atom. The Balaban J connectivity index is 2.84. The molecule has 0 spiro atoms. The molecule has 0 aliphatic heterocycles. The molecular formula is C15H22N2O4. The number of hydrogen-bond donors (Lipinski definition) is 2. The summed E-state index contributed by atoms with van der Waals surface area (Å²) in [4.78, 5) is 22.6. The number of nitro benzene ring substituents is 1. The van der Waals surface area contributed by atoms with Gasteiger partial charge in [-0.3, -0.25) is 14.9 Å². The number of nitro groups is 1. The van der Waals surface area contributed by atoms with Crippen LogP contribution in [0.2, 0.25) is 0 Å². The largest absolute Gasteiger partial charge is 0.396 e. The molecule has 0 heterocycles. The Kier molecular flexibility index (Phi) is 5.84. The summed E-state index contributed by atoms with van der Waals surface area (Å²) in [6.45, 7) is 5.46. The Morgan fingerprint density at radius 2 is 2.14 bits per heavy atom. The van der Waals surface area contributed by atoms with Gasteiger partial charge < -0.3 is 10.4 Å². The molecule has 6 nitrogen and oxygen atoms in total. The van der Waals surface area contributed by atoms with Gasteiger partial charge in [0.15, 0.2) is 0 Å². The van der Waals surface area contributed by atoms with E-state index in [0.29, 0.717) is 24.0 Å². The van der Waals surface area contributed by atoms with Gasteiger partial charge in [0.1, 0.15) is 0 Å². The normalized spacial score (nSPS) is 13.5. The zero-order valence-corrected chi connectivity index (χ0v) is 12.7. The Labute approximate surface area is 124 Å². The van der Waals surface area contributed by atoms with E-state index in [2.05, 4.69) is 5.32 Å². The lowest BCUT2D eigenvalue weighted by Gasteiger charge is -2.29. The minimum absolute atomic E-state index is 0.000453. The molecule has 0 saturated heterocycles. The summed E-state index contributed by atoms with van der Waals surface area (Å²) in [6, 6.07) is 4.73. The first kappa shape index (κ1) is 17.1. The van der Waals surface area contributed by atoms with Gasteiger partial charge in [0, 0.05) is 23.8 Å². The minimum atomic E-state index is -0.458. The molecule has 2 N–H and O–H groups in total. The van der Waals surface area contributed by atoms with Gasteiger partial charge in [-0.05, 0) is 32.3 Å². The van der Waals surface area contributed by atoms with Crippen LogP contribution in [-0.2, 0) is 11.2 Å². The molecule has 116 valence electrons. The van der Waals surface area contributed by atoms with Gasteiger partial charge in [-0.15, -0.1) is 0 Å². The standard InChI is InChI=1S/C15H22N2O4/c1-4-15(3,8-9-18)16-14(19)10-12-6-5-7-13(11(12)2)17(20)21/h5-7,18H,4,8-10H2,1-3H3,(H,16,19). The minimum Gasteiger partial charge on any atom is -0.396 e. The number of aliphatic hydroxyl groups excluding tert-OH is 1. The number of carbonyl (C=O) groups excluding carboxylic acids is 1. The van der Waals surface area contributed by atoms with E-state index in [1.54, 1.807) is 19.1 Å². The van der Waals surface area contributed by atoms with E-state index in [-0.39, 0.29) is 24.6 Å². The third kappa shape index (κ3) is 4.53. The van der Waals surface area contributed by atoms with Crippen LogP contribution in [0.5, 0.6) is 0 Å². The molecule has 21 heavy (non-hydrogen) atoms. The van der Waals surface area contributed by atoms with Crippen molar-refractivity contribution in [3.8, 4) is 0 Å². The molecule has 0 saturated carbocycles. The lowest BCUT2D eigenvalue weighted by atomic mass is 9.94. The molecule has 1 aromatic carbocycles. The molecule has 0 aromatic heterocycles. The van der Waals surface area contributed by atoms with Crippen LogP contribution in [0.1, 0.15) is 37.8 Å². The molecule has 0 bridgehead atoms. The fraction of sp³-hybridized carbons (Fsp3) is 0.533. The molecular weight excluding hydrogens is 272 g/mol. The van der Waals surface area contributed by atoms with E-state index in [1.807, 2.05) is 13.8 Å². The number of aliphatic hydroxyl groups is 1. The topological polar surface area (TPSA) is 92.5 Å². The van der Waals surface area contributed by atoms with Gasteiger partial charge in [-0.1, -0.05) is 19.1 Å². The Morgan fingerprint density at radius 3 is 2.67 bits per heavy atom. The second-order valence-electron chi connectivity index (χ2n) is 5.43. The maximum Gasteiger partial charge on any atom is 0.272 e. The van der Waals surface area contributed by atoms with Crippen molar-refractivity contribution in [3.63, 3.8) is 0 Å². The summed E-state index contributed by atoms with van der Waals surface area (Å²) < 4.78 is 0. The average Bonchev–Trinajstić information content (AvgIpc) is 2.41. The van der Waals surface area contributed by atoms with Gasteiger partial charge in [-0.2, -0.15) is 0 Å². The lowest BCUT2D eigenvalue weighted by molar-refractivity contribution is -0.385. The van der Waals surface area contributed by atoms with Gasteiger partial charge in [0.25, 0.3) is 5.69 Å². The summed E-state index contributed by atoms with van der Waals surface area (Å²) >= 11 is 0. The molecule has 0 radical (unpaired) electrons. The van der Waals surface area contributed by atoms with Crippen LogP contribution in [0.15, 0.2) is 18.2 Å². The van der Waals surface area contributed by atoms with E-state index >= 15 is 0 Å². The summed E-state index contributed by atoms with van der Waals surface area (Å²) in [6.07, 6.45) is 1.27. The molecule has 0 aliphatic rings. The third-order valence-electron chi connectivity index (χ3n) is 3.85. The van der Waals surface area contributed by atoms with Crippen molar-refractivity contribution < 1.29 is 14.8 Å². The van der Waals surface area contributed by atoms with Crippen molar-refractivity contribution in [3.05, 3.63) is 39.4 Å². The maximum absolute atomic E-state index is 12.1. The highest BCUT2D eigenvalue weighted by molar-refractivity contribution is 5.80. The van der Waals surface area contributed by atoms with Gasteiger partial charge in [0.2, 0.25) is 5.91 Å². The first-order valence-corrected chi connectivity index (χ1v) is 6.97. The highest BCUT2D eigenvalue weighted by atomic mass is 16.6. The number of carbonyl (C=O) groups is 1. The second-order valence-corrected chi connectivity index (χ2v) is 5.43.